The molecule has 1 aliphatic heterocycles. The minimum Gasteiger partial charge on any atom is -0.497 e. The third-order valence-corrected chi connectivity index (χ3v) is 4.70. The lowest BCUT2D eigenvalue weighted by Crippen LogP contribution is -2.47. The number of methoxy groups -OCH3 is 1. The van der Waals surface area contributed by atoms with Crippen LogP contribution in [0.5, 0.6) is 5.75 Å². The zero-order valence-corrected chi connectivity index (χ0v) is 15.8. The van der Waals surface area contributed by atoms with Gasteiger partial charge in [-0.25, -0.2) is 4.79 Å². The van der Waals surface area contributed by atoms with E-state index in [2.05, 4.69) is 5.32 Å². The molecule has 142 valence electrons. The predicted octanol–water partition coefficient (Wildman–Crippen LogP) is 3.53. The van der Waals surface area contributed by atoms with Gasteiger partial charge in [0, 0.05) is 37.9 Å². The highest BCUT2D eigenvalue weighted by Gasteiger charge is 2.23. The van der Waals surface area contributed by atoms with Crippen molar-refractivity contribution in [3.05, 3.63) is 54.1 Å². The third-order valence-electron chi connectivity index (χ3n) is 4.70. The maximum Gasteiger partial charge on any atom is 0.324 e. The highest BCUT2D eigenvalue weighted by Crippen LogP contribution is 2.22. The second-order valence-electron chi connectivity index (χ2n) is 6.65. The number of aryl methyl sites for hydroxylation is 1. The first-order valence-electron chi connectivity index (χ1n) is 9.12. The molecule has 2 aromatic carbocycles. The zero-order chi connectivity index (χ0) is 19.2. The van der Waals surface area contributed by atoms with E-state index in [0.717, 1.165) is 42.2 Å². The first-order chi connectivity index (χ1) is 13.1. The number of urea groups is 1. The Kier molecular flexibility index (Phi) is 5.96. The minimum absolute atomic E-state index is 0.0116. The SMILES string of the molecule is COc1ccc(CCC(=O)Nc2ccc(N3CCCN(C)C3=O)cc2)cc1. The van der Waals surface area contributed by atoms with Gasteiger partial charge in [-0.15, -0.1) is 0 Å². The van der Waals surface area contributed by atoms with Crippen molar-refractivity contribution in [2.75, 3.05) is 37.5 Å². The molecule has 3 rings (SSSR count). The minimum atomic E-state index is -0.0349. The molecular formula is C21H25N3O3. The molecule has 0 aliphatic carbocycles. The molecule has 0 unspecified atom stereocenters. The van der Waals surface area contributed by atoms with Gasteiger partial charge in [0.05, 0.1) is 7.11 Å². The van der Waals surface area contributed by atoms with Gasteiger partial charge >= 0.3 is 6.03 Å². The Morgan fingerprint density at radius 3 is 2.44 bits per heavy atom. The molecular weight excluding hydrogens is 342 g/mol. The molecule has 27 heavy (non-hydrogen) atoms. The molecule has 1 aliphatic rings. The van der Waals surface area contributed by atoms with E-state index in [4.69, 9.17) is 4.74 Å². The predicted molar refractivity (Wildman–Crippen MR) is 106 cm³/mol. The van der Waals surface area contributed by atoms with Crippen LogP contribution in [-0.2, 0) is 11.2 Å². The molecule has 3 amide bonds. The van der Waals surface area contributed by atoms with E-state index in [1.54, 1.807) is 16.9 Å². The molecule has 0 spiro atoms. The number of hydrogen-bond acceptors (Lipinski definition) is 3. The van der Waals surface area contributed by atoms with Crippen LogP contribution in [0.3, 0.4) is 0 Å². The molecule has 0 atom stereocenters. The lowest BCUT2D eigenvalue weighted by Gasteiger charge is -2.33. The second-order valence-corrected chi connectivity index (χ2v) is 6.65. The van der Waals surface area contributed by atoms with E-state index in [1.165, 1.54) is 0 Å². The summed E-state index contributed by atoms with van der Waals surface area (Å²) in [5, 5.41) is 2.91. The highest BCUT2D eigenvalue weighted by molar-refractivity contribution is 5.94. The Morgan fingerprint density at radius 1 is 1.07 bits per heavy atom. The van der Waals surface area contributed by atoms with Gasteiger partial charge in [-0.3, -0.25) is 9.69 Å². The fourth-order valence-electron chi connectivity index (χ4n) is 3.10. The van der Waals surface area contributed by atoms with Crippen molar-refractivity contribution >= 4 is 23.3 Å². The smallest absolute Gasteiger partial charge is 0.324 e. The van der Waals surface area contributed by atoms with E-state index in [9.17, 15) is 9.59 Å². The van der Waals surface area contributed by atoms with Crippen LogP contribution in [0.4, 0.5) is 16.2 Å². The van der Waals surface area contributed by atoms with Gasteiger partial charge in [-0.05, 0) is 54.8 Å². The average Bonchev–Trinajstić information content (AvgIpc) is 2.70. The Bertz CT molecular complexity index is 787. The van der Waals surface area contributed by atoms with Gasteiger partial charge in [-0.1, -0.05) is 12.1 Å². The van der Waals surface area contributed by atoms with Gasteiger partial charge in [0.1, 0.15) is 5.75 Å². The summed E-state index contributed by atoms with van der Waals surface area (Å²) in [4.78, 5) is 27.9. The molecule has 6 heteroatoms. The molecule has 1 fully saturated rings. The molecule has 0 aromatic heterocycles. The number of hydrogen-bond donors (Lipinski definition) is 1. The summed E-state index contributed by atoms with van der Waals surface area (Å²) < 4.78 is 5.13. The molecule has 1 N–H and O–H groups in total. The van der Waals surface area contributed by atoms with Gasteiger partial charge in [0.2, 0.25) is 5.91 Å². The monoisotopic (exact) mass is 367 g/mol. The van der Waals surface area contributed by atoms with Crippen LogP contribution in [0.1, 0.15) is 18.4 Å². The van der Waals surface area contributed by atoms with Crippen molar-refractivity contribution in [2.24, 2.45) is 0 Å². The van der Waals surface area contributed by atoms with E-state index >= 15 is 0 Å². The fourth-order valence-corrected chi connectivity index (χ4v) is 3.10. The van der Waals surface area contributed by atoms with Crippen molar-refractivity contribution in [3.8, 4) is 5.75 Å². The lowest BCUT2D eigenvalue weighted by molar-refractivity contribution is -0.116. The van der Waals surface area contributed by atoms with Crippen molar-refractivity contribution < 1.29 is 14.3 Å². The summed E-state index contributed by atoms with van der Waals surface area (Å²) in [5.74, 6) is 0.772. The number of nitrogens with zero attached hydrogens (tertiary/aromatic N) is 2. The molecule has 1 saturated heterocycles. The van der Waals surface area contributed by atoms with Crippen molar-refractivity contribution in [3.63, 3.8) is 0 Å². The molecule has 1 heterocycles. The summed E-state index contributed by atoms with van der Waals surface area (Å²) in [7, 11) is 3.44. The number of amides is 3. The van der Waals surface area contributed by atoms with Gasteiger partial charge in [-0.2, -0.15) is 0 Å². The average molecular weight is 367 g/mol. The Balaban J connectivity index is 1.52. The van der Waals surface area contributed by atoms with Crippen LogP contribution >= 0.6 is 0 Å². The number of anilines is 2. The van der Waals surface area contributed by atoms with Crippen LogP contribution in [0.15, 0.2) is 48.5 Å². The number of benzene rings is 2. The number of rotatable bonds is 6. The van der Waals surface area contributed by atoms with Crippen LogP contribution in [-0.4, -0.2) is 44.1 Å². The number of ether oxygens (including phenoxy) is 1. The van der Waals surface area contributed by atoms with Crippen molar-refractivity contribution in [1.29, 1.82) is 0 Å². The Morgan fingerprint density at radius 2 is 1.78 bits per heavy atom. The second kappa shape index (κ2) is 8.58. The fraction of sp³-hybridized carbons (Fsp3) is 0.333. The quantitative estimate of drug-likeness (QED) is 0.850. The summed E-state index contributed by atoms with van der Waals surface area (Å²) in [6, 6.07) is 15.1. The first kappa shape index (κ1) is 18.8. The summed E-state index contributed by atoms with van der Waals surface area (Å²) in [6.07, 6.45) is 2.03. The maximum atomic E-state index is 12.2. The van der Waals surface area contributed by atoms with Gasteiger partial charge in [0.25, 0.3) is 0 Å². The molecule has 6 nitrogen and oxygen atoms in total. The summed E-state index contributed by atoms with van der Waals surface area (Å²) >= 11 is 0. The normalized spacial score (nSPS) is 14.2. The van der Waals surface area contributed by atoms with E-state index < -0.39 is 0 Å². The van der Waals surface area contributed by atoms with Crippen LogP contribution < -0.4 is 15.0 Å². The molecule has 0 bridgehead atoms. The number of carbonyl (C=O) groups excluding carboxylic acids is 2. The van der Waals surface area contributed by atoms with Gasteiger partial charge in [0.15, 0.2) is 0 Å². The van der Waals surface area contributed by atoms with E-state index in [-0.39, 0.29) is 11.9 Å². The van der Waals surface area contributed by atoms with Gasteiger partial charge < -0.3 is 15.0 Å². The maximum absolute atomic E-state index is 12.2. The van der Waals surface area contributed by atoms with Crippen molar-refractivity contribution in [1.82, 2.24) is 4.90 Å². The third kappa shape index (κ3) is 4.78. The Hall–Kier alpha value is -3.02. The lowest BCUT2D eigenvalue weighted by atomic mass is 10.1. The van der Waals surface area contributed by atoms with E-state index in [1.807, 2.05) is 55.6 Å². The Labute approximate surface area is 159 Å². The summed E-state index contributed by atoms with van der Waals surface area (Å²) in [6.45, 7) is 1.51. The van der Waals surface area contributed by atoms with Crippen LogP contribution in [0.25, 0.3) is 0 Å². The van der Waals surface area contributed by atoms with Crippen molar-refractivity contribution in [2.45, 2.75) is 19.3 Å². The molecule has 0 radical (unpaired) electrons. The molecule has 2 aromatic rings. The standard InChI is InChI=1S/C21H25N3O3/c1-23-14-3-15-24(21(23)26)18-9-7-17(8-10-18)22-20(25)13-6-16-4-11-19(27-2)12-5-16/h4-5,7-12H,3,6,13-15H2,1-2H3,(H,22,25). The zero-order valence-electron chi connectivity index (χ0n) is 15.8. The summed E-state index contributed by atoms with van der Waals surface area (Å²) in [5.41, 5.74) is 2.67. The van der Waals surface area contributed by atoms with Crippen LogP contribution in [0, 0.1) is 0 Å². The topological polar surface area (TPSA) is 61.9 Å². The molecule has 0 saturated carbocycles. The first-order valence-corrected chi connectivity index (χ1v) is 9.12. The van der Waals surface area contributed by atoms with Crippen LogP contribution in [0.2, 0.25) is 0 Å². The number of carbonyl (C=O) groups is 2. The number of nitrogens with one attached hydrogen (secondary N) is 1. The largest absolute Gasteiger partial charge is 0.497 e. The highest BCUT2D eigenvalue weighted by atomic mass is 16.5. The van der Waals surface area contributed by atoms with E-state index in [0.29, 0.717) is 12.8 Å².